The molecular formula is C12H21N3O4. The standard InChI is InChI=1S/C12H21N3O4/c1-2-13-10(16)3-5-14-12(19)15-6-4-9(8-15)7-11(17)18/h9H,2-8H2,1H3,(H,13,16)(H,14,19)(H,17,18). The SMILES string of the molecule is CCNC(=O)CCNC(=O)N1CCC(CC(=O)O)C1. The molecule has 1 saturated heterocycles. The van der Waals surface area contributed by atoms with Gasteiger partial charge in [0, 0.05) is 39.0 Å². The van der Waals surface area contributed by atoms with E-state index in [0.29, 0.717) is 26.2 Å². The zero-order chi connectivity index (χ0) is 14.3. The van der Waals surface area contributed by atoms with Crippen molar-refractivity contribution in [2.45, 2.75) is 26.2 Å². The average Bonchev–Trinajstić information content (AvgIpc) is 2.77. The molecule has 3 amide bonds. The molecular weight excluding hydrogens is 250 g/mol. The van der Waals surface area contributed by atoms with Gasteiger partial charge in [-0.05, 0) is 19.3 Å². The second kappa shape index (κ2) is 7.60. The van der Waals surface area contributed by atoms with Gasteiger partial charge in [-0.3, -0.25) is 9.59 Å². The fourth-order valence-electron chi connectivity index (χ4n) is 2.11. The van der Waals surface area contributed by atoms with Gasteiger partial charge in [0.25, 0.3) is 0 Å². The molecule has 0 spiro atoms. The molecule has 1 atom stereocenters. The van der Waals surface area contributed by atoms with Gasteiger partial charge in [0.05, 0.1) is 0 Å². The predicted molar refractivity (Wildman–Crippen MR) is 68.6 cm³/mol. The topological polar surface area (TPSA) is 98.7 Å². The molecule has 3 N–H and O–H groups in total. The van der Waals surface area contributed by atoms with E-state index in [-0.39, 0.29) is 30.7 Å². The van der Waals surface area contributed by atoms with Gasteiger partial charge in [-0.1, -0.05) is 0 Å². The molecule has 1 rings (SSSR count). The number of carboxylic acids is 1. The van der Waals surface area contributed by atoms with E-state index in [1.165, 1.54) is 0 Å². The molecule has 19 heavy (non-hydrogen) atoms. The lowest BCUT2D eigenvalue weighted by Crippen LogP contribution is -2.40. The highest BCUT2D eigenvalue weighted by atomic mass is 16.4. The Kier molecular flexibility index (Phi) is 6.11. The molecule has 0 radical (unpaired) electrons. The van der Waals surface area contributed by atoms with Crippen molar-refractivity contribution >= 4 is 17.9 Å². The van der Waals surface area contributed by atoms with Crippen molar-refractivity contribution in [2.24, 2.45) is 5.92 Å². The van der Waals surface area contributed by atoms with E-state index in [1.807, 2.05) is 6.92 Å². The Bertz CT molecular complexity index is 346. The minimum absolute atomic E-state index is 0.0339. The van der Waals surface area contributed by atoms with Crippen LogP contribution in [0.4, 0.5) is 4.79 Å². The Labute approximate surface area is 112 Å². The van der Waals surface area contributed by atoms with E-state index < -0.39 is 5.97 Å². The summed E-state index contributed by atoms with van der Waals surface area (Å²) in [6.07, 6.45) is 1.07. The van der Waals surface area contributed by atoms with Crippen molar-refractivity contribution in [2.75, 3.05) is 26.2 Å². The maximum atomic E-state index is 11.8. The van der Waals surface area contributed by atoms with Crippen molar-refractivity contribution in [1.82, 2.24) is 15.5 Å². The zero-order valence-corrected chi connectivity index (χ0v) is 11.1. The molecule has 0 aromatic heterocycles. The summed E-state index contributed by atoms with van der Waals surface area (Å²) in [7, 11) is 0. The van der Waals surface area contributed by atoms with Crippen LogP contribution in [0, 0.1) is 5.92 Å². The molecule has 0 aromatic carbocycles. The molecule has 0 bridgehead atoms. The summed E-state index contributed by atoms with van der Waals surface area (Å²) in [5.74, 6) is -0.886. The number of carbonyl (C=O) groups excluding carboxylic acids is 2. The van der Waals surface area contributed by atoms with Gasteiger partial charge >= 0.3 is 12.0 Å². The van der Waals surface area contributed by atoms with Crippen LogP contribution in [0.3, 0.4) is 0 Å². The number of rotatable bonds is 6. The van der Waals surface area contributed by atoms with E-state index in [1.54, 1.807) is 4.90 Å². The van der Waals surface area contributed by atoms with Gasteiger partial charge in [0.15, 0.2) is 0 Å². The van der Waals surface area contributed by atoms with Crippen molar-refractivity contribution < 1.29 is 19.5 Å². The van der Waals surface area contributed by atoms with E-state index >= 15 is 0 Å². The van der Waals surface area contributed by atoms with Crippen LogP contribution >= 0.6 is 0 Å². The Hall–Kier alpha value is -1.79. The summed E-state index contributed by atoms with van der Waals surface area (Å²) in [5.41, 5.74) is 0. The average molecular weight is 271 g/mol. The van der Waals surface area contributed by atoms with Gasteiger partial charge in [-0.2, -0.15) is 0 Å². The Morgan fingerprint density at radius 1 is 1.32 bits per heavy atom. The molecule has 0 aromatic rings. The van der Waals surface area contributed by atoms with Crippen molar-refractivity contribution in [3.8, 4) is 0 Å². The number of likely N-dealkylation sites (tertiary alicyclic amines) is 1. The second-order valence-electron chi connectivity index (χ2n) is 4.63. The summed E-state index contributed by atoms with van der Waals surface area (Å²) in [6, 6.07) is -0.225. The molecule has 1 unspecified atom stereocenters. The number of carbonyl (C=O) groups is 3. The highest BCUT2D eigenvalue weighted by Crippen LogP contribution is 2.19. The summed E-state index contributed by atoms with van der Waals surface area (Å²) in [4.78, 5) is 35.1. The number of urea groups is 1. The monoisotopic (exact) mass is 271 g/mol. The minimum Gasteiger partial charge on any atom is -0.481 e. The molecule has 7 nitrogen and oxygen atoms in total. The number of nitrogens with zero attached hydrogens (tertiary/aromatic N) is 1. The number of aliphatic carboxylic acids is 1. The summed E-state index contributed by atoms with van der Waals surface area (Å²) in [5, 5.41) is 14.0. The molecule has 1 aliphatic heterocycles. The first-order valence-electron chi connectivity index (χ1n) is 6.54. The molecule has 1 fully saturated rings. The summed E-state index contributed by atoms with van der Waals surface area (Å²) in [6.45, 7) is 3.76. The molecule has 0 aliphatic carbocycles. The van der Waals surface area contributed by atoms with Gasteiger partial charge in [0.2, 0.25) is 5.91 Å². The Morgan fingerprint density at radius 3 is 2.68 bits per heavy atom. The highest BCUT2D eigenvalue weighted by Gasteiger charge is 2.27. The maximum absolute atomic E-state index is 11.8. The predicted octanol–water partition coefficient (Wildman–Crippen LogP) is 0.0188. The van der Waals surface area contributed by atoms with Crippen molar-refractivity contribution in [3.63, 3.8) is 0 Å². The van der Waals surface area contributed by atoms with Gasteiger partial charge < -0.3 is 20.6 Å². The molecule has 1 heterocycles. The third-order valence-electron chi connectivity index (χ3n) is 3.04. The lowest BCUT2D eigenvalue weighted by molar-refractivity contribution is -0.138. The van der Waals surface area contributed by atoms with Crippen LogP contribution in [0.15, 0.2) is 0 Å². The first kappa shape index (κ1) is 15.3. The van der Waals surface area contributed by atoms with Crippen molar-refractivity contribution in [1.29, 1.82) is 0 Å². The molecule has 7 heteroatoms. The summed E-state index contributed by atoms with van der Waals surface area (Å²) < 4.78 is 0. The maximum Gasteiger partial charge on any atom is 0.317 e. The van der Waals surface area contributed by atoms with E-state index in [4.69, 9.17) is 5.11 Å². The van der Waals surface area contributed by atoms with Gasteiger partial charge in [-0.25, -0.2) is 4.79 Å². The number of hydrogen-bond acceptors (Lipinski definition) is 3. The third-order valence-corrected chi connectivity index (χ3v) is 3.04. The van der Waals surface area contributed by atoms with Gasteiger partial charge in [0.1, 0.15) is 0 Å². The highest BCUT2D eigenvalue weighted by molar-refractivity contribution is 5.78. The number of nitrogens with one attached hydrogen (secondary N) is 2. The number of amides is 3. The van der Waals surface area contributed by atoms with Crippen LogP contribution in [0.1, 0.15) is 26.2 Å². The fraction of sp³-hybridized carbons (Fsp3) is 0.750. The molecule has 1 aliphatic rings. The van der Waals surface area contributed by atoms with Crippen LogP contribution in [-0.4, -0.2) is 54.1 Å². The smallest absolute Gasteiger partial charge is 0.317 e. The lowest BCUT2D eigenvalue weighted by Gasteiger charge is -2.17. The summed E-state index contributed by atoms with van der Waals surface area (Å²) >= 11 is 0. The van der Waals surface area contributed by atoms with Gasteiger partial charge in [-0.15, -0.1) is 0 Å². The molecule has 0 saturated carbocycles. The van der Waals surface area contributed by atoms with E-state index in [9.17, 15) is 14.4 Å². The fourth-order valence-corrected chi connectivity index (χ4v) is 2.11. The van der Waals surface area contributed by atoms with Crippen LogP contribution < -0.4 is 10.6 Å². The number of hydrogen-bond donors (Lipinski definition) is 3. The molecule has 108 valence electrons. The van der Waals surface area contributed by atoms with Crippen LogP contribution in [0.25, 0.3) is 0 Å². The Morgan fingerprint density at radius 2 is 2.05 bits per heavy atom. The minimum atomic E-state index is -0.830. The Balaban J connectivity index is 2.20. The van der Waals surface area contributed by atoms with Crippen molar-refractivity contribution in [3.05, 3.63) is 0 Å². The quantitative estimate of drug-likeness (QED) is 0.634. The number of carboxylic acid groups (broad SMARTS) is 1. The normalized spacial score (nSPS) is 18.2. The van der Waals surface area contributed by atoms with E-state index in [2.05, 4.69) is 10.6 Å². The first-order chi connectivity index (χ1) is 9.02. The zero-order valence-electron chi connectivity index (χ0n) is 11.1. The van der Waals surface area contributed by atoms with Crippen LogP contribution in [0.5, 0.6) is 0 Å². The second-order valence-corrected chi connectivity index (χ2v) is 4.63. The largest absolute Gasteiger partial charge is 0.481 e. The van der Waals surface area contributed by atoms with E-state index in [0.717, 1.165) is 6.42 Å². The lowest BCUT2D eigenvalue weighted by atomic mass is 10.1. The third kappa shape index (κ3) is 5.58. The first-order valence-corrected chi connectivity index (χ1v) is 6.54. The van der Waals surface area contributed by atoms with Crippen LogP contribution in [-0.2, 0) is 9.59 Å². The van der Waals surface area contributed by atoms with Crippen LogP contribution in [0.2, 0.25) is 0 Å².